The van der Waals surface area contributed by atoms with E-state index in [9.17, 15) is 14.4 Å². The molecule has 0 bridgehead atoms. The van der Waals surface area contributed by atoms with Crippen LogP contribution in [0, 0.1) is 5.92 Å². The lowest BCUT2D eigenvalue weighted by Gasteiger charge is -2.42. The average Bonchev–Trinajstić information content (AvgIpc) is 3.22. The number of H-pyrrole nitrogens is 1. The minimum absolute atomic E-state index is 0.0631. The molecule has 0 radical (unpaired) electrons. The molecule has 1 N–H and O–H groups in total. The third-order valence-corrected chi connectivity index (χ3v) is 5.83. The van der Waals surface area contributed by atoms with Crippen LogP contribution in [0.4, 0.5) is 4.79 Å². The van der Waals surface area contributed by atoms with Crippen molar-refractivity contribution in [2.45, 2.75) is 32.2 Å². The van der Waals surface area contributed by atoms with E-state index in [4.69, 9.17) is 0 Å². The summed E-state index contributed by atoms with van der Waals surface area (Å²) in [7, 11) is 1.55. The molecular weight excluding hydrogens is 358 g/mol. The highest BCUT2D eigenvalue weighted by Gasteiger charge is 2.57. The molecule has 8 nitrogen and oxygen atoms in total. The summed E-state index contributed by atoms with van der Waals surface area (Å²) in [6.45, 7) is 5.50. The molecule has 2 saturated heterocycles. The minimum Gasteiger partial charge on any atom is -0.345 e. The van der Waals surface area contributed by atoms with Crippen LogP contribution in [0.5, 0.6) is 0 Å². The fourth-order valence-electron chi connectivity index (χ4n) is 4.31. The van der Waals surface area contributed by atoms with Crippen LogP contribution in [-0.4, -0.2) is 74.7 Å². The number of hydrogen-bond acceptors (Lipinski definition) is 4. The van der Waals surface area contributed by atoms with Gasteiger partial charge in [0, 0.05) is 32.2 Å². The van der Waals surface area contributed by atoms with E-state index >= 15 is 0 Å². The van der Waals surface area contributed by atoms with Crippen molar-refractivity contribution >= 4 is 28.9 Å². The molecule has 28 heavy (non-hydrogen) atoms. The number of urea groups is 1. The van der Waals surface area contributed by atoms with Gasteiger partial charge in [-0.15, -0.1) is 0 Å². The monoisotopic (exact) mass is 383 g/mol. The second kappa shape index (κ2) is 6.61. The molecule has 8 heteroatoms. The second-order valence-electron chi connectivity index (χ2n) is 8.11. The Morgan fingerprint density at radius 1 is 1.25 bits per heavy atom. The predicted molar refractivity (Wildman–Crippen MR) is 104 cm³/mol. The molecule has 1 aromatic heterocycles. The van der Waals surface area contributed by atoms with E-state index in [1.165, 1.54) is 4.90 Å². The van der Waals surface area contributed by atoms with E-state index in [-0.39, 0.29) is 23.8 Å². The van der Waals surface area contributed by atoms with Gasteiger partial charge in [-0.2, -0.15) is 0 Å². The molecule has 2 aliphatic rings. The number of carbonyl (C=O) groups excluding carboxylic acids is 3. The van der Waals surface area contributed by atoms with Crippen LogP contribution in [0.2, 0.25) is 0 Å². The summed E-state index contributed by atoms with van der Waals surface area (Å²) < 4.78 is 0. The van der Waals surface area contributed by atoms with E-state index in [1.807, 2.05) is 19.9 Å². The Hall–Kier alpha value is -2.90. The highest BCUT2D eigenvalue weighted by molar-refractivity contribution is 6.07. The predicted octanol–water partition coefficient (Wildman–Crippen LogP) is 2.09. The van der Waals surface area contributed by atoms with E-state index < -0.39 is 5.54 Å². The molecule has 4 rings (SSSR count). The summed E-state index contributed by atoms with van der Waals surface area (Å²) in [6.07, 6.45) is 2.53. The van der Waals surface area contributed by atoms with Crippen LogP contribution >= 0.6 is 0 Å². The lowest BCUT2D eigenvalue weighted by molar-refractivity contribution is -0.134. The molecule has 1 aromatic carbocycles. The van der Waals surface area contributed by atoms with Crippen molar-refractivity contribution in [1.29, 1.82) is 0 Å². The second-order valence-corrected chi connectivity index (χ2v) is 8.11. The Kier molecular flexibility index (Phi) is 4.36. The van der Waals surface area contributed by atoms with Crippen molar-refractivity contribution in [3.63, 3.8) is 0 Å². The van der Waals surface area contributed by atoms with Gasteiger partial charge in [0.25, 0.3) is 11.8 Å². The summed E-state index contributed by atoms with van der Waals surface area (Å²) >= 11 is 0. The zero-order chi connectivity index (χ0) is 20.1. The quantitative estimate of drug-likeness (QED) is 0.822. The van der Waals surface area contributed by atoms with Gasteiger partial charge in [-0.05, 0) is 37.0 Å². The van der Waals surface area contributed by atoms with Gasteiger partial charge in [0.15, 0.2) is 0 Å². The number of amides is 4. The zero-order valence-corrected chi connectivity index (χ0v) is 16.4. The number of fused-ring (bicyclic) bond motifs is 1. The molecule has 0 unspecified atom stereocenters. The normalized spacial score (nSPS) is 19.5. The van der Waals surface area contributed by atoms with E-state index in [0.717, 1.165) is 11.0 Å². The van der Waals surface area contributed by atoms with Crippen LogP contribution in [0.1, 0.15) is 37.0 Å². The molecule has 1 spiro atoms. The van der Waals surface area contributed by atoms with E-state index in [2.05, 4.69) is 9.97 Å². The number of nitrogens with one attached hydrogen (secondary N) is 1. The van der Waals surface area contributed by atoms with Crippen LogP contribution in [-0.2, 0) is 4.79 Å². The maximum absolute atomic E-state index is 13.0. The smallest absolute Gasteiger partial charge is 0.327 e. The van der Waals surface area contributed by atoms with Gasteiger partial charge in [-0.25, -0.2) is 9.78 Å². The largest absolute Gasteiger partial charge is 0.345 e. The van der Waals surface area contributed by atoms with Crippen molar-refractivity contribution in [2.75, 3.05) is 26.7 Å². The molecule has 2 fully saturated rings. The van der Waals surface area contributed by atoms with Crippen molar-refractivity contribution in [2.24, 2.45) is 5.92 Å². The number of piperidine rings is 1. The number of carbonyl (C=O) groups is 3. The number of likely N-dealkylation sites (tertiary alicyclic amines) is 1. The average molecular weight is 383 g/mol. The van der Waals surface area contributed by atoms with Gasteiger partial charge >= 0.3 is 6.03 Å². The number of likely N-dealkylation sites (N-methyl/N-ethyl adjacent to an activating group) is 1. The van der Waals surface area contributed by atoms with Crippen LogP contribution in [0.15, 0.2) is 24.5 Å². The first-order valence-corrected chi connectivity index (χ1v) is 9.65. The maximum Gasteiger partial charge on any atom is 0.327 e. The topological polar surface area (TPSA) is 89.6 Å². The highest BCUT2D eigenvalue weighted by Crippen LogP contribution is 2.37. The van der Waals surface area contributed by atoms with Crippen LogP contribution in [0.3, 0.4) is 0 Å². The third-order valence-electron chi connectivity index (χ3n) is 5.83. The third kappa shape index (κ3) is 2.75. The van der Waals surface area contributed by atoms with E-state index in [1.54, 1.807) is 35.3 Å². The number of imide groups is 1. The highest BCUT2D eigenvalue weighted by atomic mass is 16.2. The first kappa shape index (κ1) is 18.5. The lowest BCUT2D eigenvalue weighted by atomic mass is 9.85. The van der Waals surface area contributed by atoms with Crippen molar-refractivity contribution < 1.29 is 14.4 Å². The van der Waals surface area contributed by atoms with Crippen LogP contribution in [0.25, 0.3) is 11.0 Å². The summed E-state index contributed by atoms with van der Waals surface area (Å²) in [5.74, 6) is 0.0527. The number of aromatic amines is 1. The first-order valence-electron chi connectivity index (χ1n) is 9.65. The number of aromatic nitrogens is 2. The minimum atomic E-state index is -0.819. The van der Waals surface area contributed by atoms with Gasteiger partial charge in [-0.1, -0.05) is 13.8 Å². The molecule has 2 aliphatic heterocycles. The Morgan fingerprint density at radius 2 is 1.96 bits per heavy atom. The number of rotatable bonds is 3. The summed E-state index contributed by atoms with van der Waals surface area (Å²) in [5.41, 5.74) is 1.41. The Morgan fingerprint density at radius 3 is 2.64 bits per heavy atom. The summed E-state index contributed by atoms with van der Waals surface area (Å²) in [6, 6.07) is 5.17. The van der Waals surface area contributed by atoms with E-state index in [0.29, 0.717) is 38.0 Å². The molecule has 0 atom stereocenters. The first-order chi connectivity index (χ1) is 13.3. The maximum atomic E-state index is 13.0. The molecule has 2 aromatic rings. The molecule has 4 amide bonds. The zero-order valence-electron chi connectivity index (χ0n) is 16.4. The van der Waals surface area contributed by atoms with Crippen LogP contribution < -0.4 is 0 Å². The number of benzene rings is 1. The lowest BCUT2D eigenvalue weighted by Crippen LogP contribution is -2.58. The van der Waals surface area contributed by atoms with Gasteiger partial charge in [0.2, 0.25) is 0 Å². The number of hydrogen-bond donors (Lipinski definition) is 1. The Balaban J connectivity index is 1.53. The van der Waals surface area contributed by atoms with Crippen molar-refractivity contribution in [3.8, 4) is 0 Å². The van der Waals surface area contributed by atoms with Crippen molar-refractivity contribution in [1.82, 2.24) is 24.7 Å². The summed E-state index contributed by atoms with van der Waals surface area (Å²) in [4.78, 5) is 50.4. The fourth-order valence-corrected chi connectivity index (χ4v) is 4.31. The molecule has 0 saturated carbocycles. The Bertz CT molecular complexity index is 942. The van der Waals surface area contributed by atoms with Gasteiger partial charge in [0.05, 0.1) is 17.4 Å². The number of nitrogens with zero attached hydrogens (tertiary/aromatic N) is 4. The molecular formula is C20H25N5O3. The standard InChI is InChI=1S/C20H25N5O3/c1-13(2)11-25-19(28)23(3)18(27)20(25)6-8-24(9-7-20)17(26)14-4-5-15-16(10-14)22-12-21-15/h4-5,10,12-13H,6-9,11H2,1-3H3,(H,21,22). The van der Waals surface area contributed by atoms with Crippen molar-refractivity contribution in [3.05, 3.63) is 30.1 Å². The van der Waals surface area contributed by atoms with Gasteiger partial charge in [0.1, 0.15) is 5.54 Å². The SMILES string of the molecule is CC(C)CN1C(=O)N(C)C(=O)C12CCN(C(=O)c1ccc3nc[nH]c3c1)CC2. The fraction of sp³-hybridized carbons (Fsp3) is 0.500. The van der Waals surface area contributed by atoms with Gasteiger partial charge < -0.3 is 14.8 Å². The number of imidazole rings is 1. The molecule has 148 valence electrons. The van der Waals surface area contributed by atoms with Gasteiger partial charge in [-0.3, -0.25) is 14.5 Å². The molecule has 0 aliphatic carbocycles. The Labute approximate surface area is 163 Å². The summed E-state index contributed by atoms with van der Waals surface area (Å²) in [5, 5.41) is 0. The molecule has 3 heterocycles.